The first kappa shape index (κ1) is 23.8. The Morgan fingerprint density at radius 1 is 1.06 bits per heavy atom. The van der Waals surface area contributed by atoms with E-state index in [-0.39, 0.29) is 19.8 Å². The molecule has 0 radical (unpaired) electrons. The number of carbonyl (C=O) groups excluding carboxylic acids is 1. The summed E-state index contributed by atoms with van der Waals surface area (Å²) in [6.45, 7) is 5.89. The third-order valence-electron chi connectivity index (χ3n) is 4.56. The van der Waals surface area contributed by atoms with E-state index in [9.17, 15) is 9.36 Å². The van der Waals surface area contributed by atoms with Gasteiger partial charge in [0, 0.05) is 21.0 Å². The van der Waals surface area contributed by atoms with Gasteiger partial charge < -0.3 is 23.5 Å². The fourth-order valence-corrected chi connectivity index (χ4v) is 5.67. The number of hydrogen-bond donors (Lipinski definition) is 1. The highest BCUT2D eigenvalue weighted by molar-refractivity contribution is 14.1. The molecule has 1 atom stereocenters. The van der Waals surface area contributed by atoms with Crippen LogP contribution in [0.2, 0.25) is 0 Å². The summed E-state index contributed by atoms with van der Waals surface area (Å²) in [4.78, 5) is 12.8. The van der Waals surface area contributed by atoms with Gasteiger partial charge in [-0.15, -0.1) is 0 Å². The highest BCUT2D eigenvalue weighted by atomic mass is 127. The molecule has 0 saturated heterocycles. The van der Waals surface area contributed by atoms with E-state index in [0.29, 0.717) is 11.3 Å². The van der Waals surface area contributed by atoms with Crippen LogP contribution >= 0.6 is 30.2 Å². The minimum absolute atomic E-state index is 0.195. The van der Waals surface area contributed by atoms with Crippen LogP contribution in [0.4, 0.5) is 5.69 Å². The van der Waals surface area contributed by atoms with Crippen molar-refractivity contribution in [1.29, 1.82) is 0 Å². The zero-order valence-corrected chi connectivity index (χ0v) is 20.8. The molecule has 166 valence electrons. The van der Waals surface area contributed by atoms with E-state index in [0.717, 1.165) is 14.8 Å². The Balaban J connectivity index is 2.24. The summed E-state index contributed by atoms with van der Waals surface area (Å²) in [7, 11) is -3.73. The van der Waals surface area contributed by atoms with Crippen LogP contribution in [0.15, 0.2) is 54.7 Å². The average Bonchev–Trinajstić information content (AvgIpc) is 3.13. The Hall–Kier alpha value is -1.87. The van der Waals surface area contributed by atoms with Crippen LogP contribution in [0.5, 0.6) is 0 Å². The molecule has 0 aliphatic rings. The first-order valence-corrected chi connectivity index (χ1v) is 12.8. The quantitative estimate of drug-likeness (QED) is 0.185. The Bertz CT molecular complexity index is 1070. The summed E-state index contributed by atoms with van der Waals surface area (Å²) in [5.41, 5.74) is 2.29. The number of halogens is 1. The minimum Gasteiger partial charge on any atom is -0.462 e. The highest BCUT2D eigenvalue weighted by Gasteiger charge is 2.41. The molecule has 0 bridgehead atoms. The summed E-state index contributed by atoms with van der Waals surface area (Å²) in [6.07, 6.45) is 1.82. The number of anilines is 1. The molecule has 1 N–H and O–H groups in total. The zero-order valence-electron chi connectivity index (χ0n) is 17.7. The molecule has 3 rings (SSSR count). The van der Waals surface area contributed by atoms with E-state index in [4.69, 9.17) is 13.8 Å². The van der Waals surface area contributed by atoms with Gasteiger partial charge >= 0.3 is 13.6 Å². The number of hydrogen-bond acceptors (Lipinski definition) is 6. The maximum Gasteiger partial charge on any atom is 0.358 e. The van der Waals surface area contributed by atoms with Gasteiger partial charge in [0.2, 0.25) is 0 Å². The van der Waals surface area contributed by atoms with Gasteiger partial charge in [0.05, 0.1) is 31.1 Å². The number of benzene rings is 1. The average molecular weight is 556 g/mol. The Labute approximate surface area is 195 Å². The summed E-state index contributed by atoms with van der Waals surface area (Å²) in [5.74, 6) is -1.42. The van der Waals surface area contributed by atoms with E-state index in [1.165, 1.54) is 0 Å². The topological polar surface area (TPSA) is 78.3 Å². The van der Waals surface area contributed by atoms with Gasteiger partial charge in [-0.3, -0.25) is 4.57 Å². The molecule has 31 heavy (non-hydrogen) atoms. The van der Waals surface area contributed by atoms with E-state index < -0.39 is 19.3 Å². The van der Waals surface area contributed by atoms with Crippen molar-refractivity contribution in [3.63, 3.8) is 0 Å². The second-order valence-corrected chi connectivity index (χ2v) is 9.95. The number of nitrogens with zero attached hydrogens (tertiary/aromatic N) is 1. The zero-order chi connectivity index (χ0) is 22.4. The van der Waals surface area contributed by atoms with Crippen LogP contribution in [0.1, 0.15) is 42.6 Å². The Morgan fingerprint density at radius 2 is 1.74 bits per heavy atom. The van der Waals surface area contributed by atoms with Crippen LogP contribution in [0, 0.1) is 3.57 Å². The minimum atomic E-state index is -3.73. The second-order valence-electron chi connectivity index (χ2n) is 6.59. The molecule has 1 unspecified atom stereocenters. The predicted octanol–water partition coefficient (Wildman–Crippen LogP) is 6.10. The summed E-state index contributed by atoms with van der Waals surface area (Å²) in [5, 5.41) is 3.30. The van der Waals surface area contributed by atoms with E-state index in [2.05, 4.69) is 27.9 Å². The molecule has 0 amide bonds. The van der Waals surface area contributed by atoms with Crippen LogP contribution in [0.25, 0.3) is 5.52 Å². The van der Waals surface area contributed by atoms with Crippen LogP contribution in [0.3, 0.4) is 0 Å². The van der Waals surface area contributed by atoms with Gasteiger partial charge in [0.25, 0.3) is 0 Å². The molecule has 3 aromatic rings. The van der Waals surface area contributed by atoms with E-state index in [1.807, 2.05) is 53.1 Å². The van der Waals surface area contributed by atoms with Crippen molar-refractivity contribution < 1.29 is 23.1 Å². The Kier molecular flexibility index (Phi) is 8.16. The molecular weight excluding hydrogens is 530 g/mol. The largest absolute Gasteiger partial charge is 0.462 e. The molecule has 0 aliphatic carbocycles. The van der Waals surface area contributed by atoms with Crippen molar-refractivity contribution in [3.8, 4) is 0 Å². The number of pyridine rings is 1. The number of fused-ring (bicyclic) bond motifs is 1. The van der Waals surface area contributed by atoms with Crippen molar-refractivity contribution >= 4 is 47.4 Å². The predicted molar refractivity (Wildman–Crippen MR) is 130 cm³/mol. The van der Waals surface area contributed by atoms with Crippen LogP contribution < -0.4 is 5.32 Å². The molecule has 9 heteroatoms. The van der Waals surface area contributed by atoms with Crippen molar-refractivity contribution in [2.75, 3.05) is 25.1 Å². The summed E-state index contributed by atoms with van der Waals surface area (Å²) >= 11 is 2.22. The van der Waals surface area contributed by atoms with Crippen molar-refractivity contribution in [2.45, 2.75) is 26.6 Å². The summed E-state index contributed by atoms with van der Waals surface area (Å²) in [6, 6.07) is 15.0. The summed E-state index contributed by atoms with van der Waals surface area (Å²) < 4.78 is 33.6. The standard InChI is InChI=1S/C22H26IN2O5P/c1-4-28-22(26)19-15-18-9-7-8-14-25(18)20(19)21(31(27,29-5-2)30-6-3)24-17-12-10-16(23)11-13-17/h7-15,21,24H,4-6H2,1-3H3. The molecule has 0 fully saturated rings. The van der Waals surface area contributed by atoms with Crippen molar-refractivity contribution in [3.05, 3.63) is 69.6 Å². The molecule has 7 nitrogen and oxygen atoms in total. The number of ether oxygens (including phenoxy) is 1. The van der Waals surface area contributed by atoms with E-state index in [1.54, 1.807) is 26.8 Å². The van der Waals surface area contributed by atoms with Crippen LogP contribution in [-0.2, 0) is 18.3 Å². The number of carbonyl (C=O) groups is 1. The van der Waals surface area contributed by atoms with E-state index >= 15 is 0 Å². The van der Waals surface area contributed by atoms with Gasteiger partial charge in [-0.05, 0) is 85.8 Å². The molecular formula is C22H26IN2O5P. The van der Waals surface area contributed by atoms with Crippen molar-refractivity contribution in [1.82, 2.24) is 4.40 Å². The maximum atomic E-state index is 14.0. The molecule has 2 heterocycles. The lowest BCUT2D eigenvalue weighted by Crippen LogP contribution is -2.20. The molecule has 0 saturated carbocycles. The van der Waals surface area contributed by atoms with Gasteiger partial charge in [-0.1, -0.05) is 6.07 Å². The number of aromatic nitrogens is 1. The smallest absolute Gasteiger partial charge is 0.358 e. The second kappa shape index (κ2) is 10.6. The molecule has 1 aromatic carbocycles. The maximum absolute atomic E-state index is 14.0. The van der Waals surface area contributed by atoms with Crippen molar-refractivity contribution in [2.24, 2.45) is 0 Å². The number of rotatable bonds is 10. The first-order chi connectivity index (χ1) is 14.9. The fourth-order valence-electron chi connectivity index (χ4n) is 3.34. The normalized spacial score (nSPS) is 12.6. The number of nitrogens with one attached hydrogen (secondary N) is 1. The third kappa shape index (κ3) is 5.31. The lowest BCUT2D eigenvalue weighted by molar-refractivity contribution is 0.0525. The fraction of sp³-hybridized carbons (Fsp3) is 0.318. The molecule has 0 spiro atoms. The monoisotopic (exact) mass is 556 g/mol. The van der Waals surface area contributed by atoms with Crippen LogP contribution in [-0.4, -0.2) is 30.2 Å². The van der Waals surface area contributed by atoms with Gasteiger partial charge in [0.1, 0.15) is 0 Å². The third-order valence-corrected chi connectivity index (χ3v) is 7.52. The number of esters is 1. The van der Waals surface area contributed by atoms with Gasteiger partial charge in [-0.2, -0.15) is 0 Å². The Morgan fingerprint density at radius 3 is 2.35 bits per heavy atom. The lowest BCUT2D eigenvalue weighted by Gasteiger charge is -2.28. The molecule has 0 aliphatic heterocycles. The first-order valence-electron chi connectivity index (χ1n) is 10.1. The van der Waals surface area contributed by atoms with Gasteiger partial charge in [0.15, 0.2) is 5.78 Å². The van der Waals surface area contributed by atoms with Gasteiger partial charge in [-0.25, -0.2) is 4.79 Å². The highest BCUT2D eigenvalue weighted by Crippen LogP contribution is 2.61. The SMILES string of the molecule is CCOC(=O)c1cc2ccccn2c1C(Nc1ccc(I)cc1)P(=O)(OCC)OCC. The molecule has 2 aromatic heterocycles. The lowest BCUT2D eigenvalue weighted by atomic mass is 10.2.